The molecule has 0 aliphatic rings. The molecule has 0 spiro atoms. The van der Waals surface area contributed by atoms with Gasteiger partial charge < -0.3 is 5.32 Å². The van der Waals surface area contributed by atoms with E-state index in [0.29, 0.717) is 12.1 Å². The number of carbonyl (C=O) groups is 1. The Hall–Kier alpha value is -2.34. The molecule has 152 valence electrons. The highest BCUT2D eigenvalue weighted by molar-refractivity contribution is 7.92. The second kappa shape index (κ2) is 8.78. The zero-order valence-electron chi connectivity index (χ0n) is 17.5. The van der Waals surface area contributed by atoms with Crippen LogP contribution in [0.4, 0.5) is 5.69 Å². The number of hydrogen-bond donors (Lipinski definition) is 1. The lowest BCUT2D eigenvalue weighted by Crippen LogP contribution is -2.48. The van der Waals surface area contributed by atoms with E-state index in [1.807, 2.05) is 52.0 Å². The van der Waals surface area contributed by atoms with Gasteiger partial charge >= 0.3 is 0 Å². The van der Waals surface area contributed by atoms with E-state index in [4.69, 9.17) is 0 Å². The Bertz CT molecular complexity index is 937. The van der Waals surface area contributed by atoms with Crippen LogP contribution in [0.15, 0.2) is 42.5 Å². The molecule has 0 aliphatic carbocycles. The van der Waals surface area contributed by atoms with Gasteiger partial charge in [0.05, 0.1) is 18.0 Å². The predicted octanol–water partition coefficient (Wildman–Crippen LogP) is 4.03. The van der Waals surface area contributed by atoms with Crippen molar-refractivity contribution in [3.8, 4) is 0 Å². The zero-order valence-corrected chi connectivity index (χ0v) is 18.3. The van der Waals surface area contributed by atoms with E-state index in [-0.39, 0.29) is 11.9 Å². The number of nitrogens with one attached hydrogen (secondary N) is 1. The third-order valence-electron chi connectivity index (χ3n) is 5.04. The number of rotatable bonds is 7. The fourth-order valence-electron chi connectivity index (χ4n) is 3.20. The lowest BCUT2D eigenvalue weighted by Gasteiger charge is -2.30. The molecular formula is C22H30N2O3S. The van der Waals surface area contributed by atoms with Gasteiger partial charge in [-0.15, -0.1) is 0 Å². The fourth-order valence-corrected chi connectivity index (χ4v) is 4.37. The van der Waals surface area contributed by atoms with Gasteiger partial charge in [-0.3, -0.25) is 9.10 Å². The molecule has 0 fully saturated rings. The van der Waals surface area contributed by atoms with Gasteiger partial charge in [-0.05, 0) is 62.9 Å². The van der Waals surface area contributed by atoms with Crippen molar-refractivity contribution in [2.45, 2.75) is 53.1 Å². The molecule has 1 amide bonds. The highest BCUT2D eigenvalue weighted by Crippen LogP contribution is 2.23. The van der Waals surface area contributed by atoms with Crippen molar-refractivity contribution in [1.29, 1.82) is 0 Å². The molecule has 0 aromatic heterocycles. The molecule has 2 rings (SSSR count). The molecular weight excluding hydrogens is 372 g/mol. The number of nitrogens with zero attached hydrogens (tertiary/aromatic N) is 1. The van der Waals surface area contributed by atoms with Crippen LogP contribution < -0.4 is 9.62 Å². The summed E-state index contributed by atoms with van der Waals surface area (Å²) in [6, 6.07) is 12.2. The van der Waals surface area contributed by atoms with Gasteiger partial charge in [-0.25, -0.2) is 8.42 Å². The van der Waals surface area contributed by atoms with Crippen molar-refractivity contribution in [2.75, 3.05) is 10.6 Å². The molecule has 2 aromatic carbocycles. The summed E-state index contributed by atoms with van der Waals surface area (Å²) >= 11 is 0. The Kier molecular flexibility index (Phi) is 6.88. The molecule has 0 saturated carbocycles. The van der Waals surface area contributed by atoms with Crippen LogP contribution in [0.3, 0.4) is 0 Å². The number of benzene rings is 2. The van der Waals surface area contributed by atoms with E-state index in [1.165, 1.54) is 9.87 Å². The molecule has 5 nitrogen and oxygen atoms in total. The number of hydrogen-bond acceptors (Lipinski definition) is 3. The number of carbonyl (C=O) groups excluding carboxylic acids is 1. The molecule has 0 radical (unpaired) electrons. The SMILES string of the molecule is CC[C@@H](NC(=O)[C@H](C)N(c1ccc(C)cc1)S(C)(=O)=O)c1ccc(C)c(C)c1. The summed E-state index contributed by atoms with van der Waals surface area (Å²) in [6.45, 7) is 9.63. The van der Waals surface area contributed by atoms with Crippen LogP contribution in [0.2, 0.25) is 0 Å². The third kappa shape index (κ3) is 5.13. The monoisotopic (exact) mass is 402 g/mol. The van der Waals surface area contributed by atoms with Gasteiger partial charge in [-0.2, -0.15) is 0 Å². The maximum atomic E-state index is 12.9. The fraction of sp³-hybridized carbons (Fsp3) is 0.409. The number of aryl methyl sites for hydroxylation is 3. The molecule has 0 bridgehead atoms. The van der Waals surface area contributed by atoms with Crippen LogP contribution in [-0.4, -0.2) is 26.6 Å². The van der Waals surface area contributed by atoms with Crippen molar-refractivity contribution in [3.05, 3.63) is 64.7 Å². The zero-order chi connectivity index (χ0) is 21.1. The van der Waals surface area contributed by atoms with Gasteiger partial charge in [0.25, 0.3) is 0 Å². The first-order valence-corrected chi connectivity index (χ1v) is 11.3. The average Bonchev–Trinajstić information content (AvgIpc) is 2.62. The minimum Gasteiger partial charge on any atom is -0.347 e. The van der Waals surface area contributed by atoms with Crippen LogP contribution in [-0.2, 0) is 14.8 Å². The molecule has 28 heavy (non-hydrogen) atoms. The topological polar surface area (TPSA) is 66.5 Å². The average molecular weight is 403 g/mol. The van der Waals surface area contributed by atoms with Crippen molar-refractivity contribution in [1.82, 2.24) is 5.32 Å². The summed E-state index contributed by atoms with van der Waals surface area (Å²) in [5, 5.41) is 3.02. The second-order valence-electron chi connectivity index (χ2n) is 7.38. The highest BCUT2D eigenvalue weighted by atomic mass is 32.2. The maximum absolute atomic E-state index is 12.9. The largest absolute Gasteiger partial charge is 0.347 e. The smallest absolute Gasteiger partial charge is 0.244 e. The second-order valence-corrected chi connectivity index (χ2v) is 9.24. The van der Waals surface area contributed by atoms with E-state index >= 15 is 0 Å². The Balaban J connectivity index is 2.28. The summed E-state index contributed by atoms with van der Waals surface area (Å²) in [4.78, 5) is 12.9. The van der Waals surface area contributed by atoms with E-state index in [0.717, 1.165) is 22.9 Å². The minimum atomic E-state index is -3.62. The summed E-state index contributed by atoms with van der Waals surface area (Å²) < 4.78 is 26.0. The number of anilines is 1. The van der Waals surface area contributed by atoms with E-state index in [9.17, 15) is 13.2 Å². The van der Waals surface area contributed by atoms with Crippen LogP contribution in [0.1, 0.15) is 48.6 Å². The molecule has 6 heteroatoms. The molecule has 0 saturated heterocycles. The van der Waals surface area contributed by atoms with Gasteiger partial charge in [0.15, 0.2) is 0 Å². The minimum absolute atomic E-state index is 0.173. The van der Waals surface area contributed by atoms with E-state index in [1.54, 1.807) is 19.1 Å². The Labute approximate surface area is 168 Å². The number of sulfonamides is 1. The quantitative estimate of drug-likeness (QED) is 0.760. The number of amides is 1. The summed E-state index contributed by atoms with van der Waals surface area (Å²) in [7, 11) is -3.62. The molecule has 0 unspecified atom stereocenters. The molecule has 1 N–H and O–H groups in total. The normalized spacial score (nSPS) is 13.6. The highest BCUT2D eigenvalue weighted by Gasteiger charge is 2.30. The molecule has 0 heterocycles. The van der Waals surface area contributed by atoms with Gasteiger partial charge in [0.2, 0.25) is 15.9 Å². The first-order valence-electron chi connectivity index (χ1n) is 9.48. The van der Waals surface area contributed by atoms with Crippen molar-refractivity contribution in [3.63, 3.8) is 0 Å². The maximum Gasteiger partial charge on any atom is 0.244 e. The standard InChI is InChI=1S/C22H30N2O3S/c1-7-21(19-11-10-16(3)17(4)14-19)23-22(25)18(5)24(28(6,26)27)20-12-8-15(2)9-13-20/h8-14,18,21H,7H2,1-6H3,(H,23,25)/t18-,21+/m0/s1. The Morgan fingerprint density at radius 1 is 1.04 bits per heavy atom. The van der Waals surface area contributed by atoms with Crippen molar-refractivity contribution in [2.24, 2.45) is 0 Å². The first-order chi connectivity index (χ1) is 13.0. The third-order valence-corrected chi connectivity index (χ3v) is 6.28. The Morgan fingerprint density at radius 2 is 1.64 bits per heavy atom. The first kappa shape index (κ1) is 22.0. The molecule has 2 atom stereocenters. The van der Waals surface area contributed by atoms with Crippen molar-refractivity contribution >= 4 is 21.6 Å². The van der Waals surface area contributed by atoms with Gasteiger partial charge in [0.1, 0.15) is 6.04 Å². The summed E-state index contributed by atoms with van der Waals surface area (Å²) in [5.41, 5.74) is 4.88. The lowest BCUT2D eigenvalue weighted by molar-refractivity contribution is -0.122. The van der Waals surface area contributed by atoms with Gasteiger partial charge in [0, 0.05) is 0 Å². The molecule has 2 aromatic rings. The van der Waals surface area contributed by atoms with E-state index < -0.39 is 16.1 Å². The Morgan fingerprint density at radius 3 is 2.14 bits per heavy atom. The van der Waals surface area contributed by atoms with Crippen molar-refractivity contribution < 1.29 is 13.2 Å². The summed E-state index contributed by atoms with van der Waals surface area (Å²) in [5.74, 6) is -0.323. The predicted molar refractivity (Wildman–Crippen MR) is 115 cm³/mol. The molecule has 0 aliphatic heterocycles. The van der Waals surface area contributed by atoms with Crippen LogP contribution in [0.5, 0.6) is 0 Å². The summed E-state index contributed by atoms with van der Waals surface area (Å²) in [6.07, 6.45) is 1.83. The van der Waals surface area contributed by atoms with E-state index in [2.05, 4.69) is 11.4 Å². The van der Waals surface area contributed by atoms with Crippen LogP contribution in [0.25, 0.3) is 0 Å². The lowest BCUT2D eigenvalue weighted by atomic mass is 9.99. The van der Waals surface area contributed by atoms with Crippen LogP contribution >= 0.6 is 0 Å². The van der Waals surface area contributed by atoms with Crippen LogP contribution in [0, 0.1) is 20.8 Å². The van der Waals surface area contributed by atoms with Gasteiger partial charge in [-0.1, -0.05) is 42.8 Å².